The zero-order valence-corrected chi connectivity index (χ0v) is 9.62. The SMILES string of the molecule is Cc1ccc2c(c1)OC1(CCNC1)CC2N. The Hall–Kier alpha value is -1.06. The van der Waals surface area contributed by atoms with Gasteiger partial charge in [-0.25, -0.2) is 0 Å². The molecule has 0 bridgehead atoms. The summed E-state index contributed by atoms with van der Waals surface area (Å²) in [6.45, 7) is 4.05. The minimum absolute atomic E-state index is 0.0553. The van der Waals surface area contributed by atoms with E-state index < -0.39 is 0 Å². The Kier molecular flexibility index (Phi) is 2.19. The molecular weight excluding hydrogens is 200 g/mol. The Labute approximate surface area is 96.0 Å². The van der Waals surface area contributed by atoms with Gasteiger partial charge in [0.05, 0.1) is 0 Å². The number of nitrogens with one attached hydrogen (secondary N) is 1. The summed E-state index contributed by atoms with van der Waals surface area (Å²) in [4.78, 5) is 0. The summed E-state index contributed by atoms with van der Waals surface area (Å²) in [5.41, 5.74) is 8.57. The minimum Gasteiger partial charge on any atom is -0.485 e. The summed E-state index contributed by atoms with van der Waals surface area (Å²) < 4.78 is 6.19. The molecule has 1 aromatic rings. The lowest BCUT2D eigenvalue weighted by Gasteiger charge is -2.38. The minimum atomic E-state index is -0.0553. The molecule has 0 aliphatic carbocycles. The van der Waals surface area contributed by atoms with Gasteiger partial charge in [0, 0.05) is 31.0 Å². The van der Waals surface area contributed by atoms with Crippen LogP contribution in [0.2, 0.25) is 0 Å². The Morgan fingerprint density at radius 3 is 3.12 bits per heavy atom. The normalized spacial score (nSPS) is 32.5. The standard InChI is InChI=1S/C13H18N2O/c1-9-2-3-10-11(14)7-13(4-5-15-8-13)16-12(10)6-9/h2-3,6,11,15H,4-5,7-8,14H2,1H3. The predicted octanol–water partition coefficient (Wildman–Crippen LogP) is 1.51. The molecule has 2 aliphatic rings. The van der Waals surface area contributed by atoms with Gasteiger partial charge in [0.1, 0.15) is 11.4 Å². The van der Waals surface area contributed by atoms with E-state index in [-0.39, 0.29) is 11.6 Å². The Morgan fingerprint density at radius 2 is 2.38 bits per heavy atom. The van der Waals surface area contributed by atoms with E-state index in [9.17, 15) is 0 Å². The second-order valence-corrected chi connectivity index (χ2v) is 5.06. The van der Waals surface area contributed by atoms with Crippen LogP contribution in [0.1, 0.15) is 30.0 Å². The van der Waals surface area contributed by atoms with E-state index in [1.165, 1.54) is 5.56 Å². The molecule has 1 saturated heterocycles. The highest BCUT2D eigenvalue weighted by Crippen LogP contribution is 2.41. The molecule has 2 atom stereocenters. The summed E-state index contributed by atoms with van der Waals surface area (Å²) >= 11 is 0. The summed E-state index contributed by atoms with van der Waals surface area (Å²) in [5, 5.41) is 3.37. The van der Waals surface area contributed by atoms with Gasteiger partial charge in [-0.05, 0) is 25.1 Å². The van der Waals surface area contributed by atoms with Crippen LogP contribution in [0.15, 0.2) is 18.2 Å². The first-order valence-electron chi connectivity index (χ1n) is 5.94. The average Bonchev–Trinajstić information content (AvgIpc) is 2.65. The first-order chi connectivity index (χ1) is 7.69. The van der Waals surface area contributed by atoms with Gasteiger partial charge in [-0.2, -0.15) is 0 Å². The maximum absolute atomic E-state index is 6.24. The van der Waals surface area contributed by atoms with Gasteiger partial charge in [-0.3, -0.25) is 0 Å². The second kappa shape index (κ2) is 3.47. The van der Waals surface area contributed by atoms with Crippen molar-refractivity contribution in [2.75, 3.05) is 13.1 Å². The number of nitrogens with two attached hydrogens (primary N) is 1. The van der Waals surface area contributed by atoms with Crippen LogP contribution in [0.3, 0.4) is 0 Å². The lowest BCUT2D eigenvalue weighted by Crippen LogP contribution is -2.44. The maximum atomic E-state index is 6.24. The largest absolute Gasteiger partial charge is 0.485 e. The molecule has 0 saturated carbocycles. The van der Waals surface area contributed by atoms with E-state index in [0.717, 1.165) is 37.2 Å². The first-order valence-corrected chi connectivity index (χ1v) is 5.94. The monoisotopic (exact) mass is 218 g/mol. The van der Waals surface area contributed by atoms with E-state index in [0.29, 0.717) is 0 Å². The van der Waals surface area contributed by atoms with Gasteiger partial charge >= 0.3 is 0 Å². The molecule has 16 heavy (non-hydrogen) atoms. The van der Waals surface area contributed by atoms with E-state index in [4.69, 9.17) is 10.5 Å². The summed E-state index contributed by atoms with van der Waals surface area (Å²) in [5.74, 6) is 0.988. The van der Waals surface area contributed by atoms with Crippen molar-refractivity contribution < 1.29 is 4.74 Å². The fourth-order valence-corrected chi connectivity index (χ4v) is 2.80. The van der Waals surface area contributed by atoms with Crippen molar-refractivity contribution in [3.05, 3.63) is 29.3 Å². The van der Waals surface area contributed by atoms with Crippen molar-refractivity contribution in [1.82, 2.24) is 5.32 Å². The highest BCUT2D eigenvalue weighted by Gasteiger charge is 2.42. The van der Waals surface area contributed by atoms with Crippen molar-refractivity contribution in [2.24, 2.45) is 5.73 Å². The molecule has 3 N–H and O–H groups in total. The average molecular weight is 218 g/mol. The van der Waals surface area contributed by atoms with Crippen molar-refractivity contribution in [3.8, 4) is 5.75 Å². The highest BCUT2D eigenvalue weighted by atomic mass is 16.5. The first kappa shape index (κ1) is 10.1. The van der Waals surface area contributed by atoms with E-state index in [2.05, 4.69) is 30.4 Å². The molecule has 0 amide bonds. The molecule has 0 aromatic heterocycles. The number of rotatable bonds is 0. The Morgan fingerprint density at radius 1 is 1.50 bits per heavy atom. The molecule has 3 nitrogen and oxygen atoms in total. The van der Waals surface area contributed by atoms with E-state index in [1.807, 2.05) is 0 Å². The molecule has 86 valence electrons. The Balaban J connectivity index is 2.00. The van der Waals surface area contributed by atoms with Gasteiger partial charge < -0.3 is 15.8 Å². The van der Waals surface area contributed by atoms with Crippen LogP contribution in [0.25, 0.3) is 0 Å². The van der Waals surface area contributed by atoms with Crippen LogP contribution in [0, 0.1) is 6.92 Å². The number of hydrogen-bond donors (Lipinski definition) is 2. The summed E-state index contributed by atoms with van der Waals surface area (Å²) in [7, 11) is 0. The van der Waals surface area contributed by atoms with Gasteiger partial charge in [0.15, 0.2) is 0 Å². The van der Waals surface area contributed by atoms with Crippen LogP contribution in [0.4, 0.5) is 0 Å². The van der Waals surface area contributed by atoms with Gasteiger partial charge in [0.25, 0.3) is 0 Å². The highest BCUT2D eigenvalue weighted by molar-refractivity contribution is 5.41. The second-order valence-electron chi connectivity index (χ2n) is 5.06. The lowest BCUT2D eigenvalue weighted by atomic mass is 9.86. The van der Waals surface area contributed by atoms with Crippen molar-refractivity contribution in [2.45, 2.75) is 31.4 Å². The smallest absolute Gasteiger partial charge is 0.125 e. The number of benzene rings is 1. The van der Waals surface area contributed by atoms with Crippen molar-refractivity contribution in [1.29, 1.82) is 0 Å². The van der Waals surface area contributed by atoms with E-state index >= 15 is 0 Å². The molecule has 2 aliphatic heterocycles. The zero-order chi connectivity index (χ0) is 11.2. The quantitative estimate of drug-likeness (QED) is 0.694. The lowest BCUT2D eigenvalue weighted by molar-refractivity contribution is 0.0553. The summed E-state index contributed by atoms with van der Waals surface area (Å²) in [6, 6.07) is 6.43. The van der Waals surface area contributed by atoms with Gasteiger partial charge in [-0.15, -0.1) is 0 Å². The van der Waals surface area contributed by atoms with E-state index in [1.54, 1.807) is 0 Å². The number of hydrogen-bond acceptors (Lipinski definition) is 3. The van der Waals surface area contributed by atoms with Crippen LogP contribution >= 0.6 is 0 Å². The number of fused-ring (bicyclic) bond motifs is 1. The molecule has 3 rings (SSSR count). The molecular formula is C13H18N2O. The third-order valence-electron chi connectivity index (χ3n) is 3.69. The predicted molar refractivity (Wildman–Crippen MR) is 63.6 cm³/mol. The van der Waals surface area contributed by atoms with Crippen molar-refractivity contribution >= 4 is 0 Å². The summed E-state index contributed by atoms with van der Waals surface area (Å²) in [6.07, 6.45) is 1.99. The third kappa shape index (κ3) is 1.51. The Bertz CT molecular complexity index is 410. The van der Waals surface area contributed by atoms with Crippen LogP contribution in [-0.4, -0.2) is 18.7 Å². The third-order valence-corrected chi connectivity index (χ3v) is 3.69. The molecule has 3 heteroatoms. The molecule has 0 radical (unpaired) electrons. The molecule has 2 heterocycles. The molecule has 1 aromatic carbocycles. The molecule has 1 fully saturated rings. The zero-order valence-electron chi connectivity index (χ0n) is 9.62. The van der Waals surface area contributed by atoms with Gasteiger partial charge in [-0.1, -0.05) is 12.1 Å². The molecule has 2 unspecified atom stereocenters. The van der Waals surface area contributed by atoms with Crippen LogP contribution in [-0.2, 0) is 0 Å². The number of aryl methyl sites for hydroxylation is 1. The fourth-order valence-electron chi connectivity index (χ4n) is 2.80. The van der Waals surface area contributed by atoms with Crippen molar-refractivity contribution in [3.63, 3.8) is 0 Å². The maximum Gasteiger partial charge on any atom is 0.125 e. The van der Waals surface area contributed by atoms with Crippen LogP contribution < -0.4 is 15.8 Å². The number of ether oxygens (including phenoxy) is 1. The van der Waals surface area contributed by atoms with Crippen LogP contribution in [0.5, 0.6) is 5.75 Å². The van der Waals surface area contributed by atoms with Gasteiger partial charge in [0.2, 0.25) is 0 Å². The molecule has 1 spiro atoms. The fraction of sp³-hybridized carbons (Fsp3) is 0.538. The topological polar surface area (TPSA) is 47.3 Å².